The Hall–Kier alpha value is -0.970. The summed E-state index contributed by atoms with van der Waals surface area (Å²) in [5.41, 5.74) is 1.75. The van der Waals surface area contributed by atoms with Gasteiger partial charge < -0.3 is 14.2 Å². The molecule has 26 heavy (non-hydrogen) atoms. The van der Waals surface area contributed by atoms with Crippen molar-refractivity contribution in [3.63, 3.8) is 0 Å². The minimum Gasteiger partial charge on any atom is -0.380 e. The van der Waals surface area contributed by atoms with E-state index in [1.807, 2.05) is 6.07 Å². The van der Waals surface area contributed by atoms with Crippen LogP contribution >= 0.6 is 0 Å². The first kappa shape index (κ1) is 19.8. The van der Waals surface area contributed by atoms with E-state index < -0.39 is 0 Å². The van der Waals surface area contributed by atoms with E-state index in [4.69, 9.17) is 14.2 Å². The minimum absolute atomic E-state index is 0.0327. The molecule has 1 aliphatic carbocycles. The van der Waals surface area contributed by atoms with Crippen molar-refractivity contribution >= 4 is 0 Å². The standard InChI is InChI=1S/C22H33FO3/c1-3-4-5-16-13-25-22(26-14-16)18-8-6-17(7-9-18)19-10-11-20(15-24-2)21(23)12-19/h10-12,16-18,22H,3-9,13-15H2,1-2H3. The molecular weight excluding hydrogens is 331 g/mol. The first-order valence-corrected chi connectivity index (χ1v) is 10.2. The second kappa shape index (κ2) is 9.82. The highest BCUT2D eigenvalue weighted by molar-refractivity contribution is 5.27. The highest BCUT2D eigenvalue weighted by atomic mass is 19.1. The first-order valence-electron chi connectivity index (χ1n) is 10.2. The van der Waals surface area contributed by atoms with E-state index >= 15 is 0 Å². The van der Waals surface area contributed by atoms with Crippen molar-refractivity contribution in [1.82, 2.24) is 0 Å². The molecule has 3 rings (SSSR count). The lowest BCUT2D eigenvalue weighted by molar-refractivity contribution is -0.229. The van der Waals surface area contributed by atoms with Crippen LogP contribution in [0, 0.1) is 17.7 Å². The fraction of sp³-hybridized carbons (Fsp3) is 0.727. The zero-order valence-corrected chi connectivity index (χ0v) is 16.2. The largest absolute Gasteiger partial charge is 0.380 e. The summed E-state index contributed by atoms with van der Waals surface area (Å²) in [6, 6.07) is 5.63. The maximum atomic E-state index is 14.2. The molecule has 3 nitrogen and oxygen atoms in total. The van der Waals surface area contributed by atoms with Gasteiger partial charge in [-0.25, -0.2) is 4.39 Å². The molecule has 1 aromatic carbocycles. The van der Waals surface area contributed by atoms with Crippen LogP contribution in [0.1, 0.15) is 68.9 Å². The zero-order valence-electron chi connectivity index (χ0n) is 16.2. The number of hydrogen-bond donors (Lipinski definition) is 0. The normalized spacial score (nSPS) is 29.7. The Morgan fingerprint density at radius 1 is 1.12 bits per heavy atom. The van der Waals surface area contributed by atoms with E-state index in [0.29, 0.717) is 29.9 Å². The second-order valence-corrected chi connectivity index (χ2v) is 7.94. The van der Waals surface area contributed by atoms with E-state index in [2.05, 4.69) is 13.0 Å². The van der Waals surface area contributed by atoms with E-state index in [1.54, 1.807) is 13.2 Å². The van der Waals surface area contributed by atoms with Crippen molar-refractivity contribution in [2.75, 3.05) is 20.3 Å². The lowest BCUT2D eigenvalue weighted by atomic mass is 9.78. The average molecular weight is 365 g/mol. The van der Waals surface area contributed by atoms with Gasteiger partial charge in [0.05, 0.1) is 19.8 Å². The molecule has 1 saturated carbocycles. The lowest BCUT2D eigenvalue weighted by Crippen LogP contribution is -2.38. The number of hydrogen-bond acceptors (Lipinski definition) is 3. The van der Waals surface area contributed by atoms with E-state index in [1.165, 1.54) is 19.3 Å². The third kappa shape index (κ3) is 5.05. The summed E-state index contributed by atoms with van der Waals surface area (Å²) in [5, 5.41) is 0. The number of halogens is 1. The van der Waals surface area contributed by atoms with Crippen LogP contribution in [0.2, 0.25) is 0 Å². The van der Waals surface area contributed by atoms with Gasteiger partial charge >= 0.3 is 0 Å². The third-order valence-corrected chi connectivity index (χ3v) is 5.96. The molecule has 0 N–H and O–H groups in total. The summed E-state index contributed by atoms with van der Waals surface area (Å²) in [6.45, 7) is 4.24. The van der Waals surface area contributed by atoms with Crippen LogP contribution in [-0.4, -0.2) is 26.6 Å². The second-order valence-electron chi connectivity index (χ2n) is 7.94. The summed E-state index contributed by atoms with van der Waals surface area (Å²) in [4.78, 5) is 0. The highest BCUT2D eigenvalue weighted by Gasteiger charge is 2.32. The summed E-state index contributed by atoms with van der Waals surface area (Å²) in [5.74, 6) is 1.34. The number of benzene rings is 1. The molecule has 0 bridgehead atoms. The summed E-state index contributed by atoms with van der Waals surface area (Å²) in [6.07, 6.45) is 8.01. The molecule has 4 heteroatoms. The van der Waals surface area contributed by atoms with Gasteiger partial charge in [-0.1, -0.05) is 31.9 Å². The SMILES string of the molecule is CCCCC1COC(C2CCC(c3ccc(COC)c(F)c3)CC2)OC1. The minimum atomic E-state index is -0.149. The summed E-state index contributed by atoms with van der Waals surface area (Å²) in [7, 11) is 1.59. The molecule has 0 amide bonds. The highest BCUT2D eigenvalue weighted by Crippen LogP contribution is 2.39. The Labute approximate surface area is 157 Å². The number of methoxy groups -OCH3 is 1. The third-order valence-electron chi connectivity index (χ3n) is 5.96. The molecule has 1 aromatic rings. The number of unbranched alkanes of at least 4 members (excludes halogenated alkanes) is 1. The Kier molecular flexibility index (Phi) is 7.47. The molecule has 0 spiro atoms. The van der Waals surface area contributed by atoms with Crippen molar-refractivity contribution < 1.29 is 18.6 Å². The van der Waals surface area contributed by atoms with Crippen LogP contribution in [0.5, 0.6) is 0 Å². The maximum Gasteiger partial charge on any atom is 0.160 e. The molecule has 2 aliphatic rings. The monoisotopic (exact) mass is 364 g/mol. The van der Waals surface area contributed by atoms with Gasteiger partial charge in [0.25, 0.3) is 0 Å². The molecule has 1 aliphatic heterocycles. The van der Waals surface area contributed by atoms with Gasteiger partial charge in [0.15, 0.2) is 6.29 Å². The Bertz CT molecular complexity index is 546. The molecular formula is C22H33FO3. The summed E-state index contributed by atoms with van der Waals surface area (Å²) >= 11 is 0. The zero-order chi connectivity index (χ0) is 18.4. The van der Waals surface area contributed by atoms with Crippen LogP contribution in [0.15, 0.2) is 18.2 Å². The van der Waals surface area contributed by atoms with Crippen molar-refractivity contribution in [2.24, 2.45) is 11.8 Å². The van der Waals surface area contributed by atoms with Gasteiger partial charge in [-0.3, -0.25) is 0 Å². The number of ether oxygens (including phenoxy) is 3. The maximum absolute atomic E-state index is 14.2. The predicted octanol–water partition coefficient (Wildman–Crippen LogP) is 5.43. The average Bonchev–Trinajstić information content (AvgIpc) is 2.69. The van der Waals surface area contributed by atoms with E-state index in [0.717, 1.165) is 44.5 Å². The van der Waals surface area contributed by atoms with E-state index in [-0.39, 0.29) is 12.1 Å². The van der Waals surface area contributed by atoms with Gasteiger partial charge in [-0.05, 0) is 49.7 Å². The first-order chi connectivity index (χ1) is 12.7. The van der Waals surface area contributed by atoms with Gasteiger partial charge in [0.1, 0.15) is 5.82 Å². The molecule has 0 atom stereocenters. The quantitative estimate of drug-likeness (QED) is 0.646. The number of rotatable bonds is 7. The van der Waals surface area contributed by atoms with Crippen LogP contribution in [0.4, 0.5) is 4.39 Å². The van der Waals surface area contributed by atoms with Crippen LogP contribution in [0.3, 0.4) is 0 Å². The summed E-state index contributed by atoms with van der Waals surface area (Å²) < 4.78 is 31.3. The molecule has 1 heterocycles. The topological polar surface area (TPSA) is 27.7 Å². The van der Waals surface area contributed by atoms with Crippen molar-refractivity contribution in [2.45, 2.75) is 70.7 Å². The Balaban J connectivity index is 1.47. The smallest absolute Gasteiger partial charge is 0.160 e. The fourth-order valence-electron chi connectivity index (χ4n) is 4.30. The fourth-order valence-corrected chi connectivity index (χ4v) is 4.30. The van der Waals surface area contributed by atoms with Crippen LogP contribution < -0.4 is 0 Å². The van der Waals surface area contributed by atoms with Gasteiger partial charge in [-0.15, -0.1) is 0 Å². The predicted molar refractivity (Wildman–Crippen MR) is 101 cm³/mol. The van der Waals surface area contributed by atoms with Gasteiger partial charge in [0.2, 0.25) is 0 Å². The molecule has 146 valence electrons. The van der Waals surface area contributed by atoms with Gasteiger partial charge in [0, 0.05) is 24.5 Å². The molecule has 0 radical (unpaired) electrons. The lowest BCUT2D eigenvalue weighted by Gasteiger charge is -2.37. The van der Waals surface area contributed by atoms with Gasteiger partial charge in [-0.2, -0.15) is 0 Å². The molecule has 1 saturated heterocycles. The van der Waals surface area contributed by atoms with E-state index in [9.17, 15) is 4.39 Å². The van der Waals surface area contributed by atoms with Crippen LogP contribution in [-0.2, 0) is 20.8 Å². The Morgan fingerprint density at radius 3 is 2.46 bits per heavy atom. The van der Waals surface area contributed by atoms with Crippen molar-refractivity contribution in [1.29, 1.82) is 0 Å². The van der Waals surface area contributed by atoms with Crippen molar-refractivity contribution in [3.05, 3.63) is 35.1 Å². The molecule has 2 fully saturated rings. The molecule has 0 unspecified atom stereocenters. The van der Waals surface area contributed by atoms with Crippen molar-refractivity contribution in [3.8, 4) is 0 Å². The van der Waals surface area contributed by atoms with Crippen LogP contribution in [0.25, 0.3) is 0 Å². The Morgan fingerprint density at radius 2 is 1.85 bits per heavy atom. The molecule has 0 aromatic heterocycles.